The van der Waals surface area contributed by atoms with Crippen molar-refractivity contribution >= 4 is 11.8 Å². The van der Waals surface area contributed by atoms with Crippen molar-refractivity contribution in [2.24, 2.45) is 11.3 Å². The van der Waals surface area contributed by atoms with E-state index < -0.39 is 5.60 Å². The number of para-hydroxylation sites is 1. The van der Waals surface area contributed by atoms with E-state index in [1.165, 1.54) is 25.7 Å². The number of benzene rings is 1. The maximum Gasteiger partial charge on any atom is 0.412 e. The van der Waals surface area contributed by atoms with Gasteiger partial charge in [0.2, 0.25) is 0 Å². The molecule has 0 aromatic heterocycles. The Hall–Kier alpha value is -1.55. The van der Waals surface area contributed by atoms with E-state index in [0.717, 1.165) is 43.1 Å². The van der Waals surface area contributed by atoms with Gasteiger partial charge in [-0.15, -0.1) is 0 Å². The zero-order valence-electron chi connectivity index (χ0n) is 16.4. The van der Waals surface area contributed by atoms with Gasteiger partial charge in [-0.05, 0) is 43.1 Å². The SMILES string of the molecule is CC(C)(C)C1CCC(N2CCC3(CC2)OC(=O)Nc2ccccc23)CC1. The van der Waals surface area contributed by atoms with Crippen LogP contribution in [0, 0.1) is 11.3 Å². The molecule has 0 radical (unpaired) electrons. The molecule has 4 nitrogen and oxygen atoms in total. The summed E-state index contributed by atoms with van der Waals surface area (Å²) in [6.45, 7) is 9.18. The minimum absolute atomic E-state index is 0.303. The first-order chi connectivity index (χ1) is 12.4. The Kier molecular flexibility index (Phi) is 4.50. The molecule has 1 aromatic carbocycles. The molecule has 2 fully saturated rings. The smallest absolute Gasteiger partial charge is 0.412 e. The van der Waals surface area contributed by atoms with Crippen molar-refractivity contribution in [3.8, 4) is 0 Å². The first-order valence-electron chi connectivity index (χ1n) is 10.2. The van der Waals surface area contributed by atoms with Crippen LogP contribution in [0.4, 0.5) is 10.5 Å². The fraction of sp³-hybridized carbons (Fsp3) is 0.682. The number of carbonyl (C=O) groups is 1. The van der Waals surface area contributed by atoms with Gasteiger partial charge in [0, 0.05) is 37.5 Å². The Morgan fingerprint density at radius 3 is 2.38 bits per heavy atom. The Labute approximate surface area is 157 Å². The summed E-state index contributed by atoms with van der Waals surface area (Å²) in [4.78, 5) is 14.7. The molecule has 1 aliphatic carbocycles. The maximum absolute atomic E-state index is 12.1. The zero-order chi connectivity index (χ0) is 18.4. The fourth-order valence-electron chi connectivity index (χ4n) is 5.29. The first kappa shape index (κ1) is 17.8. The van der Waals surface area contributed by atoms with E-state index in [9.17, 15) is 4.79 Å². The summed E-state index contributed by atoms with van der Waals surface area (Å²) in [5, 5.41) is 2.85. The van der Waals surface area contributed by atoms with Crippen LogP contribution >= 0.6 is 0 Å². The number of ether oxygens (including phenoxy) is 1. The number of carbonyl (C=O) groups excluding carboxylic acids is 1. The second-order valence-electron chi connectivity index (χ2n) is 9.46. The highest BCUT2D eigenvalue weighted by Crippen LogP contribution is 2.45. The number of rotatable bonds is 1. The maximum atomic E-state index is 12.1. The second-order valence-corrected chi connectivity index (χ2v) is 9.46. The van der Waals surface area contributed by atoms with E-state index in [1.54, 1.807) is 0 Å². The number of fused-ring (bicyclic) bond motifs is 2. The minimum atomic E-state index is -0.433. The van der Waals surface area contributed by atoms with E-state index in [4.69, 9.17) is 4.74 Å². The van der Waals surface area contributed by atoms with Crippen LogP contribution < -0.4 is 5.32 Å². The number of nitrogens with one attached hydrogen (secondary N) is 1. The third kappa shape index (κ3) is 3.24. The lowest BCUT2D eigenvalue weighted by molar-refractivity contribution is -0.0511. The molecule has 1 spiro atoms. The largest absolute Gasteiger partial charge is 0.438 e. The van der Waals surface area contributed by atoms with Crippen LogP contribution in [0.5, 0.6) is 0 Å². The van der Waals surface area contributed by atoms with Crippen molar-refractivity contribution in [2.75, 3.05) is 18.4 Å². The van der Waals surface area contributed by atoms with Crippen LogP contribution in [0.2, 0.25) is 0 Å². The highest BCUT2D eigenvalue weighted by atomic mass is 16.6. The van der Waals surface area contributed by atoms with Crippen LogP contribution in [-0.2, 0) is 10.3 Å². The van der Waals surface area contributed by atoms with Crippen molar-refractivity contribution in [1.82, 2.24) is 4.90 Å². The number of anilines is 1. The molecule has 0 atom stereocenters. The van der Waals surface area contributed by atoms with Gasteiger partial charge in [-0.2, -0.15) is 0 Å². The molecule has 4 heteroatoms. The molecule has 26 heavy (non-hydrogen) atoms. The fourth-order valence-corrected chi connectivity index (χ4v) is 5.29. The van der Waals surface area contributed by atoms with Crippen molar-refractivity contribution in [2.45, 2.75) is 70.9 Å². The van der Waals surface area contributed by atoms with Gasteiger partial charge in [-0.1, -0.05) is 39.0 Å². The number of amides is 1. The quantitative estimate of drug-likeness (QED) is 0.757. The lowest BCUT2D eigenvalue weighted by atomic mass is 9.71. The molecule has 142 valence electrons. The second kappa shape index (κ2) is 6.56. The normalized spacial score (nSPS) is 29.0. The number of hydrogen-bond acceptors (Lipinski definition) is 3. The summed E-state index contributed by atoms with van der Waals surface area (Å²) in [5.41, 5.74) is 2.07. The highest BCUT2D eigenvalue weighted by Gasteiger charge is 2.45. The van der Waals surface area contributed by atoms with Crippen LogP contribution in [0.1, 0.15) is 64.9 Å². The Balaban J connectivity index is 1.42. The molecule has 4 rings (SSSR count). The molecular weight excluding hydrogens is 324 g/mol. The zero-order valence-corrected chi connectivity index (χ0v) is 16.4. The van der Waals surface area contributed by atoms with Gasteiger partial charge in [0.1, 0.15) is 5.60 Å². The van der Waals surface area contributed by atoms with Crippen molar-refractivity contribution in [1.29, 1.82) is 0 Å². The van der Waals surface area contributed by atoms with Gasteiger partial charge in [0.15, 0.2) is 0 Å². The minimum Gasteiger partial charge on any atom is -0.438 e. The van der Waals surface area contributed by atoms with Crippen LogP contribution in [-0.4, -0.2) is 30.1 Å². The van der Waals surface area contributed by atoms with E-state index in [0.29, 0.717) is 11.5 Å². The van der Waals surface area contributed by atoms with Crippen molar-refractivity contribution < 1.29 is 9.53 Å². The Morgan fingerprint density at radius 1 is 1.08 bits per heavy atom. The van der Waals surface area contributed by atoms with Gasteiger partial charge >= 0.3 is 6.09 Å². The van der Waals surface area contributed by atoms with Crippen LogP contribution in [0.25, 0.3) is 0 Å². The van der Waals surface area contributed by atoms with E-state index in [-0.39, 0.29) is 6.09 Å². The van der Waals surface area contributed by atoms with Gasteiger partial charge < -0.3 is 9.64 Å². The molecule has 1 aromatic rings. The molecular formula is C22H32N2O2. The van der Waals surface area contributed by atoms with Crippen LogP contribution in [0.15, 0.2) is 24.3 Å². The first-order valence-corrected chi connectivity index (χ1v) is 10.2. The lowest BCUT2D eigenvalue weighted by Crippen LogP contribution is -2.51. The summed E-state index contributed by atoms with van der Waals surface area (Å²) in [6, 6.07) is 8.82. The Bertz CT molecular complexity index is 663. The molecule has 3 aliphatic rings. The average Bonchev–Trinajstić information content (AvgIpc) is 2.62. The van der Waals surface area contributed by atoms with E-state index in [2.05, 4.69) is 37.1 Å². The lowest BCUT2D eigenvalue weighted by Gasteiger charge is -2.48. The van der Waals surface area contributed by atoms with Crippen LogP contribution in [0.3, 0.4) is 0 Å². The summed E-state index contributed by atoms with van der Waals surface area (Å²) < 4.78 is 5.86. The summed E-state index contributed by atoms with van der Waals surface area (Å²) in [5.74, 6) is 0.854. The summed E-state index contributed by atoms with van der Waals surface area (Å²) in [7, 11) is 0. The summed E-state index contributed by atoms with van der Waals surface area (Å²) >= 11 is 0. The molecule has 0 bridgehead atoms. The number of hydrogen-bond donors (Lipinski definition) is 1. The van der Waals surface area contributed by atoms with Crippen molar-refractivity contribution in [3.63, 3.8) is 0 Å². The standard InChI is InChI=1S/C22H32N2O2/c1-21(2,3)16-8-10-17(11-9-16)24-14-12-22(13-15-24)18-6-4-5-7-19(18)23-20(25)26-22/h4-7,16-17H,8-15H2,1-3H3,(H,23,25). The van der Waals surface area contributed by atoms with Gasteiger partial charge in [0.05, 0.1) is 5.69 Å². The third-order valence-electron chi connectivity index (χ3n) is 6.99. The highest BCUT2D eigenvalue weighted by molar-refractivity contribution is 5.88. The molecule has 1 saturated carbocycles. The number of piperidine rings is 1. The average molecular weight is 357 g/mol. The summed E-state index contributed by atoms with van der Waals surface area (Å²) in [6.07, 6.45) is 6.81. The molecule has 1 N–H and O–H groups in total. The molecule has 0 unspecified atom stereocenters. The van der Waals surface area contributed by atoms with Crippen molar-refractivity contribution in [3.05, 3.63) is 29.8 Å². The van der Waals surface area contributed by atoms with Gasteiger partial charge in [-0.3, -0.25) is 5.32 Å². The van der Waals surface area contributed by atoms with Gasteiger partial charge in [-0.25, -0.2) is 4.79 Å². The molecule has 1 saturated heterocycles. The van der Waals surface area contributed by atoms with Gasteiger partial charge in [0.25, 0.3) is 0 Å². The molecule has 1 amide bonds. The molecule has 2 heterocycles. The predicted octanol–water partition coefficient (Wildman–Crippen LogP) is 5.14. The monoisotopic (exact) mass is 356 g/mol. The topological polar surface area (TPSA) is 41.6 Å². The molecule has 2 aliphatic heterocycles. The Morgan fingerprint density at radius 2 is 1.73 bits per heavy atom. The number of nitrogens with zero attached hydrogens (tertiary/aromatic N) is 1. The van der Waals surface area contributed by atoms with E-state index >= 15 is 0 Å². The third-order valence-corrected chi connectivity index (χ3v) is 6.99. The van der Waals surface area contributed by atoms with E-state index in [1.807, 2.05) is 18.2 Å². The number of likely N-dealkylation sites (tertiary alicyclic amines) is 1. The predicted molar refractivity (Wildman–Crippen MR) is 104 cm³/mol.